The van der Waals surface area contributed by atoms with Gasteiger partial charge in [0, 0.05) is 13.1 Å². The fourth-order valence-corrected chi connectivity index (χ4v) is 1.56. The van der Waals surface area contributed by atoms with Crippen molar-refractivity contribution in [1.82, 2.24) is 9.88 Å². The van der Waals surface area contributed by atoms with E-state index in [1.807, 2.05) is 6.92 Å². The Balaban J connectivity index is 2.73. The number of aromatic carboxylic acids is 1. The highest BCUT2D eigenvalue weighted by molar-refractivity contribution is 5.90. The van der Waals surface area contributed by atoms with Gasteiger partial charge in [0.15, 0.2) is 0 Å². The zero-order valence-electron chi connectivity index (χ0n) is 12.5. The minimum absolute atomic E-state index is 0.0303. The largest absolute Gasteiger partial charge is 0.477 e. The summed E-state index contributed by atoms with van der Waals surface area (Å²) in [5.41, 5.74) is 0.379. The molecule has 1 atom stereocenters. The summed E-state index contributed by atoms with van der Waals surface area (Å²) in [4.78, 5) is 28.1. The van der Waals surface area contributed by atoms with Crippen LogP contribution in [0.25, 0.3) is 0 Å². The number of amides is 2. The summed E-state index contributed by atoms with van der Waals surface area (Å²) >= 11 is 0. The van der Waals surface area contributed by atoms with Gasteiger partial charge in [0.05, 0.1) is 11.9 Å². The molecule has 2 N–H and O–H groups in total. The molecule has 6 heteroatoms. The number of carboxylic acid groups (broad SMARTS) is 1. The van der Waals surface area contributed by atoms with Crippen LogP contribution in [-0.2, 0) is 0 Å². The zero-order valence-corrected chi connectivity index (χ0v) is 12.5. The molecule has 0 aromatic carbocycles. The molecule has 110 valence electrons. The summed E-state index contributed by atoms with van der Waals surface area (Å²) < 4.78 is 0. The maximum absolute atomic E-state index is 12.1. The van der Waals surface area contributed by atoms with Crippen LogP contribution in [0.3, 0.4) is 0 Å². The number of nitrogens with zero attached hydrogens (tertiary/aromatic N) is 2. The summed E-state index contributed by atoms with van der Waals surface area (Å²) in [5.74, 6) is -1.10. The average molecular weight is 279 g/mol. The highest BCUT2D eigenvalue weighted by Gasteiger charge is 2.27. The Hall–Kier alpha value is -2.11. The molecule has 1 heterocycles. The van der Waals surface area contributed by atoms with Gasteiger partial charge in [-0.2, -0.15) is 0 Å². The second-order valence-electron chi connectivity index (χ2n) is 5.82. The molecule has 1 rings (SSSR count). The lowest BCUT2D eigenvalue weighted by molar-refractivity contribution is 0.0690. The molecule has 0 radical (unpaired) electrons. The number of carbonyl (C=O) groups excluding carboxylic acids is 1. The molecule has 1 aromatic heterocycles. The molecule has 0 aliphatic carbocycles. The molecule has 0 saturated heterocycles. The number of carbonyl (C=O) groups is 2. The van der Waals surface area contributed by atoms with E-state index in [-0.39, 0.29) is 23.2 Å². The fourth-order valence-electron chi connectivity index (χ4n) is 1.56. The number of urea groups is 1. The number of hydrogen-bond donors (Lipinski definition) is 2. The average Bonchev–Trinajstić information content (AvgIpc) is 2.36. The SMILES string of the molecule is CC(N(C)C(=O)Nc1ccc(C(=O)O)nc1)C(C)(C)C. The lowest BCUT2D eigenvalue weighted by Gasteiger charge is -2.35. The van der Waals surface area contributed by atoms with Crippen molar-refractivity contribution in [3.05, 3.63) is 24.0 Å². The first kappa shape index (κ1) is 15.9. The van der Waals surface area contributed by atoms with Gasteiger partial charge < -0.3 is 15.3 Å². The quantitative estimate of drug-likeness (QED) is 0.891. The van der Waals surface area contributed by atoms with Gasteiger partial charge in [-0.15, -0.1) is 0 Å². The molecule has 0 saturated carbocycles. The van der Waals surface area contributed by atoms with E-state index in [4.69, 9.17) is 5.11 Å². The third-order valence-electron chi connectivity index (χ3n) is 3.39. The molecule has 2 amide bonds. The van der Waals surface area contributed by atoms with Gasteiger partial charge in [0.2, 0.25) is 0 Å². The third kappa shape index (κ3) is 3.94. The van der Waals surface area contributed by atoms with Crippen LogP contribution in [0.15, 0.2) is 18.3 Å². The van der Waals surface area contributed by atoms with Crippen molar-refractivity contribution in [2.24, 2.45) is 5.41 Å². The van der Waals surface area contributed by atoms with E-state index in [1.54, 1.807) is 11.9 Å². The van der Waals surface area contributed by atoms with Crippen molar-refractivity contribution >= 4 is 17.7 Å². The maximum Gasteiger partial charge on any atom is 0.354 e. The number of rotatable bonds is 3. The van der Waals surface area contributed by atoms with Crippen molar-refractivity contribution in [3.63, 3.8) is 0 Å². The van der Waals surface area contributed by atoms with Crippen molar-refractivity contribution in [3.8, 4) is 0 Å². The maximum atomic E-state index is 12.1. The molecular formula is C14H21N3O3. The minimum atomic E-state index is -1.10. The predicted molar refractivity (Wildman–Crippen MR) is 76.9 cm³/mol. The van der Waals surface area contributed by atoms with Crippen LogP contribution >= 0.6 is 0 Å². The zero-order chi connectivity index (χ0) is 15.5. The van der Waals surface area contributed by atoms with Crippen LogP contribution in [0.2, 0.25) is 0 Å². The monoisotopic (exact) mass is 279 g/mol. The second kappa shape index (κ2) is 5.90. The summed E-state index contributed by atoms with van der Waals surface area (Å²) in [6, 6.07) is 2.67. The van der Waals surface area contributed by atoms with Crippen LogP contribution < -0.4 is 5.32 Å². The van der Waals surface area contributed by atoms with E-state index in [0.717, 1.165) is 0 Å². The highest BCUT2D eigenvalue weighted by atomic mass is 16.4. The van der Waals surface area contributed by atoms with Crippen LogP contribution in [0.1, 0.15) is 38.2 Å². The molecule has 0 bridgehead atoms. The molecule has 6 nitrogen and oxygen atoms in total. The normalized spacial score (nSPS) is 12.7. The molecule has 0 spiro atoms. The van der Waals surface area contributed by atoms with Crippen LogP contribution in [0.4, 0.5) is 10.5 Å². The summed E-state index contributed by atoms with van der Waals surface area (Å²) in [6.45, 7) is 8.16. The summed E-state index contributed by atoms with van der Waals surface area (Å²) in [5, 5.41) is 11.4. The van der Waals surface area contributed by atoms with E-state index >= 15 is 0 Å². The lowest BCUT2D eigenvalue weighted by atomic mass is 9.87. The number of carboxylic acids is 1. The standard InChI is InChI=1S/C14H21N3O3/c1-9(14(2,3)4)17(5)13(20)16-10-6-7-11(12(18)19)15-8-10/h6-9H,1-5H3,(H,16,20)(H,18,19). The Morgan fingerprint density at radius 2 is 1.95 bits per heavy atom. The number of hydrogen-bond acceptors (Lipinski definition) is 3. The van der Waals surface area contributed by atoms with Gasteiger partial charge in [-0.05, 0) is 24.5 Å². The van der Waals surface area contributed by atoms with Crippen LogP contribution in [0.5, 0.6) is 0 Å². The molecule has 1 unspecified atom stereocenters. The molecular weight excluding hydrogens is 258 g/mol. The van der Waals surface area contributed by atoms with E-state index in [0.29, 0.717) is 5.69 Å². The van der Waals surface area contributed by atoms with E-state index in [2.05, 4.69) is 31.1 Å². The summed E-state index contributed by atoms with van der Waals surface area (Å²) in [6.07, 6.45) is 1.33. The van der Waals surface area contributed by atoms with E-state index in [1.165, 1.54) is 18.3 Å². The van der Waals surface area contributed by atoms with Crippen molar-refractivity contribution in [2.75, 3.05) is 12.4 Å². The van der Waals surface area contributed by atoms with E-state index in [9.17, 15) is 9.59 Å². The first-order chi connectivity index (χ1) is 9.12. The van der Waals surface area contributed by atoms with Gasteiger partial charge in [0.1, 0.15) is 5.69 Å². The van der Waals surface area contributed by atoms with Gasteiger partial charge >= 0.3 is 12.0 Å². The Labute approximate surface area is 118 Å². The first-order valence-corrected chi connectivity index (χ1v) is 6.36. The van der Waals surface area contributed by atoms with Crippen molar-refractivity contribution in [2.45, 2.75) is 33.7 Å². The van der Waals surface area contributed by atoms with Gasteiger partial charge in [-0.25, -0.2) is 14.6 Å². The fraction of sp³-hybridized carbons (Fsp3) is 0.500. The first-order valence-electron chi connectivity index (χ1n) is 6.36. The van der Waals surface area contributed by atoms with Crippen molar-refractivity contribution < 1.29 is 14.7 Å². The molecule has 0 aliphatic rings. The van der Waals surface area contributed by atoms with Gasteiger partial charge in [0.25, 0.3) is 0 Å². The molecule has 0 fully saturated rings. The second-order valence-corrected chi connectivity index (χ2v) is 5.82. The molecule has 1 aromatic rings. The molecule has 20 heavy (non-hydrogen) atoms. The summed E-state index contributed by atoms with van der Waals surface area (Å²) in [7, 11) is 1.73. The number of nitrogens with one attached hydrogen (secondary N) is 1. The lowest BCUT2D eigenvalue weighted by Crippen LogP contribution is -2.44. The third-order valence-corrected chi connectivity index (χ3v) is 3.39. The van der Waals surface area contributed by atoms with E-state index < -0.39 is 5.97 Å². The van der Waals surface area contributed by atoms with Crippen LogP contribution in [-0.4, -0.2) is 40.1 Å². The highest BCUT2D eigenvalue weighted by Crippen LogP contribution is 2.23. The smallest absolute Gasteiger partial charge is 0.354 e. The Kier molecular flexibility index (Phi) is 4.70. The number of anilines is 1. The minimum Gasteiger partial charge on any atom is -0.477 e. The van der Waals surface area contributed by atoms with Crippen molar-refractivity contribution in [1.29, 1.82) is 0 Å². The molecule has 0 aliphatic heterocycles. The number of pyridine rings is 1. The predicted octanol–water partition coefficient (Wildman–Crippen LogP) is 2.68. The van der Waals surface area contributed by atoms with Crippen LogP contribution in [0, 0.1) is 5.41 Å². The van der Waals surface area contributed by atoms with Gasteiger partial charge in [-0.1, -0.05) is 20.8 Å². The topological polar surface area (TPSA) is 82.5 Å². The number of aromatic nitrogens is 1. The Morgan fingerprint density at radius 1 is 1.35 bits per heavy atom. The Bertz CT molecular complexity index is 491. The van der Waals surface area contributed by atoms with Gasteiger partial charge in [-0.3, -0.25) is 0 Å². The Morgan fingerprint density at radius 3 is 2.35 bits per heavy atom.